The van der Waals surface area contributed by atoms with Crippen LogP contribution in [0.25, 0.3) is 0 Å². The fourth-order valence-electron chi connectivity index (χ4n) is 2.62. The lowest BCUT2D eigenvalue weighted by atomic mass is 10.1. The molecule has 116 valence electrons. The van der Waals surface area contributed by atoms with E-state index >= 15 is 0 Å². The number of nitrogens with one attached hydrogen (secondary N) is 1. The zero-order chi connectivity index (χ0) is 14.7. The van der Waals surface area contributed by atoms with Gasteiger partial charge in [0, 0.05) is 19.2 Å². The summed E-state index contributed by atoms with van der Waals surface area (Å²) in [4.78, 5) is 24.7. The Hall–Kier alpha value is -1.66. The topological polar surface area (TPSA) is 75.5 Å². The second-order valence-corrected chi connectivity index (χ2v) is 5.24. The Labute approximate surface area is 130 Å². The van der Waals surface area contributed by atoms with E-state index in [4.69, 9.17) is 0 Å². The number of nitro groups is 1. The van der Waals surface area contributed by atoms with Crippen molar-refractivity contribution in [1.82, 2.24) is 10.2 Å². The normalized spacial score (nSPS) is 17.4. The zero-order valence-corrected chi connectivity index (χ0v) is 13.0. The summed E-state index contributed by atoms with van der Waals surface area (Å²) < 4.78 is 0. The Morgan fingerprint density at radius 2 is 2.24 bits per heavy atom. The first-order chi connectivity index (χ1) is 9.52. The summed E-state index contributed by atoms with van der Waals surface area (Å²) in [5.74, 6) is 0.187. The quantitative estimate of drug-likeness (QED) is 0.681. The molecule has 2 rings (SSSR count). The molecule has 1 aliphatic heterocycles. The maximum Gasteiger partial charge on any atom is 0.282 e. The number of nitro benzene ring substituents is 1. The standard InChI is InChI=1S/C14H19N3O3.ClH/c1-10-3-4-13(17(19)20)12(7-10)14(18)16-6-5-11(9-16)8-15-2;/h3-4,7,11,15H,5-6,8-9H2,1-2H3;1H. The van der Waals surface area contributed by atoms with Gasteiger partial charge in [-0.3, -0.25) is 14.9 Å². The Kier molecular flexibility index (Phi) is 6.11. The molecule has 0 radical (unpaired) electrons. The lowest BCUT2D eigenvalue weighted by Crippen LogP contribution is -2.30. The Balaban J connectivity index is 0.00000220. The SMILES string of the molecule is CNCC1CCN(C(=O)c2cc(C)ccc2[N+](=O)[O-])C1.Cl. The third-order valence-corrected chi connectivity index (χ3v) is 3.65. The first-order valence-corrected chi connectivity index (χ1v) is 6.72. The van der Waals surface area contributed by atoms with Gasteiger partial charge in [-0.25, -0.2) is 0 Å². The van der Waals surface area contributed by atoms with Crippen LogP contribution in [0.2, 0.25) is 0 Å². The minimum Gasteiger partial charge on any atom is -0.338 e. The molecule has 0 spiro atoms. The van der Waals surface area contributed by atoms with Crippen molar-refractivity contribution in [3.63, 3.8) is 0 Å². The van der Waals surface area contributed by atoms with Crippen LogP contribution in [0.15, 0.2) is 18.2 Å². The molecule has 1 fully saturated rings. The number of likely N-dealkylation sites (tertiary alicyclic amines) is 1. The minimum atomic E-state index is -0.492. The first-order valence-electron chi connectivity index (χ1n) is 6.72. The van der Waals surface area contributed by atoms with Crippen LogP contribution in [0.1, 0.15) is 22.3 Å². The van der Waals surface area contributed by atoms with Gasteiger partial charge in [-0.2, -0.15) is 0 Å². The Morgan fingerprint density at radius 3 is 2.86 bits per heavy atom. The van der Waals surface area contributed by atoms with Crippen molar-refractivity contribution in [3.8, 4) is 0 Å². The highest BCUT2D eigenvalue weighted by Gasteiger charge is 2.30. The molecule has 1 aliphatic rings. The van der Waals surface area contributed by atoms with E-state index in [2.05, 4.69) is 5.32 Å². The summed E-state index contributed by atoms with van der Waals surface area (Å²) >= 11 is 0. The maximum atomic E-state index is 12.5. The predicted molar refractivity (Wildman–Crippen MR) is 83.0 cm³/mol. The Bertz CT molecular complexity index is 536. The summed E-state index contributed by atoms with van der Waals surface area (Å²) in [5.41, 5.74) is 0.933. The number of halogens is 1. The molecule has 6 nitrogen and oxygen atoms in total. The summed E-state index contributed by atoms with van der Waals surface area (Å²) in [6, 6.07) is 4.66. The first kappa shape index (κ1) is 17.4. The highest BCUT2D eigenvalue weighted by molar-refractivity contribution is 5.98. The average molecular weight is 314 g/mol. The number of carbonyl (C=O) groups is 1. The third-order valence-electron chi connectivity index (χ3n) is 3.65. The van der Waals surface area contributed by atoms with Gasteiger partial charge in [0.1, 0.15) is 5.56 Å². The van der Waals surface area contributed by atoms with Crippen molar-refractivity contribution in [2.24, 2.45) is 5.92 Å². The van der Waals surface area contributed by atoms with E-state index in [1.165, 1.54) is 6.07 Å². The van der Waals surface area contributed by atoms with Gasteiger partial charge in [0.05, 0.1) is 4.92 Å². The van der Waals surface area contributed by atoms with Gasteiger partial charge < -0.3 is 10.2 Å². The van der Waals surface area contributed by atoms with E-state index in [-0.39, 0.29) is 29.6 Å². The highest BCUT2D eigenvalue weighted by Crippen LogP contribution is 2.24. The van der Waals surface area contributed by atoms with Crippen LogP contribution in [-0.4, -0.2) is 42.4 Å². The van der Waals surface area contributed by atoms with E-state index in [1.54, 1.807) is 17.0 Å². The second-order valence-electron chi connectivity index (χ2n) is 5.24. The number of rotatable bonds is 4. The van der Waals surface area contributed by atoms with Crippen LogP contribution < -0.4 is 5.32 Å². The van der Waals surface area contributed by atoms with Gasteiger partial charge in [-0.1, -0.05) is 6.07 Å². The molecule has 1 aromatic rings. The molecule has 7 heteroatoms. The van der Waals surface area contributed by atoms with E-state index in [1.807, 2.05) is 14.0 Å². The Morgan fingerprint density at radius 1 is 1.52 bits per heavy atom. The molecule has 0 bridgehead atoms. The molecule has 21 heavy (non-hydrogen) atoms. The monoisotopic (exact) mass is 313 g/mol. The van der Waals surface area contributed by atoms with Crippen molar-refractivity contribution in [2.45, 2.75) is 13.3 Å². The van der Waals surface area contributed by atoms with Crippen LogP contribution in [0.5, 0.6) is 0 Å². The average Bonchev–Trinajstić information content (AvgIpc) is 2.86. The van der Waals surface area contributed by atoms with Crippen molar-refractivity contribution >= 4 is 24.0 Å². The summed E-state index contributed by atoms with van der Waals surface area (Å²) in [6.07, 6.45) is 0.937. The third kappa shape index (κ3) is 3.92. The van der Waals surface area contributed by atoms with E-state index < -0.39 is 4.92 Å². The molecule has 1 unspecified atom stereocenters. The molecule has 0 aromatic heterocycles. The van der Waals surface area contributed by atoms with Gasteiger partial charge in [0.2, 0.25) is 0 Å². The molecule has 0 saturated carbocycles. The molecule has 1 aromatic carbocycles. The van der Waals surface area contributed by atoms with Crippen molar-refractivity contribution in [3.05, 3.63) is 39.4 Å². The summed E-state index contributed by atoms with van der Waals surface area (Å²) in [6.45, 7) is 4.01. The van der Waals surface area contributed by atoms with Gasteiger partial charge in [-0.05, 0) is 44.5 Å². The molecule has 1 atom stereocenters. The largest absolute Gasteiger partial charge is 0.338 e. The number of carbonyl (C=O) groups excluding carboxylic acids is 1. The van der Waals surface area contributed by atoms with Gasteiger partial charge >= 0.3 is 0 Å². The molecule has 1 amide bonds. The number of benzene rings is 1. The second kappa shape index (κ2) is 7.38. The van der Waals surface area contributed by atoms with Crippen molar-refractivity contribution in [1.29, 1.82) is 0 Å². The number of hydrogen-bond acceptors (Lipinski definition) is 4. The zero-order valence-electron chi connectivity index (χ0n) is 12.2. The lowest BCUT2D eigenvalue weighted by molar-refractivity contribution is -0.385. The van der Waals surface area contributed by atoms with Gasteiger partial charge in [0.25, 0.3) is 11.6 Å². The summed E-state index contributed by atoms with van der Waals surface area (Å²) in [5, 5.41) is 14.1. The van der Waals surface area contributed by atoms with Crippen molar-refractivity contribution in [2.75, 3.05) is 26.7 Å². The van der Waals surface area contributed by atoms with E-state index in [0.29, 0.717) is 19.0 Å². The smallest absolute Gasteiger partial charge is 0.282 e. The fourth-order valence-corrected chi connectivity index (χ4v) is 2.62. The van der Waals surface area contributed by atoms with Crippen LogP contribution >= 0.6 is 12.4 Å². The molecule has 1 N–H and O–H groups in total. The molecule has 0 aliphatic carbocycles. The number of aryl methyl sites for hydroxylation is 1. The number of hydrogen-bond donors (Lipinski definition) is 1. The van der Waals surface area contributed by atoms with E-state index in [0.717, 1.165) is 18.5 Å². The molecule has 1 saturated heterocycles. The van der Waals surface area contributed by atoms with Crippen LogP contribution in [-0.2, 0) is 0 Å². The molecular formula is C14H20ClN3O3. The lowest BCUT2D eigenvalue weighted by Gasteiger charge is -2.17. The van der Waals surface area contributed by atoms with Crippen LogP contribution in [0.4, 0.5) is 5.69 Å². The highest BCUT2D eigenvalue weighted by atomic mass is 35.5. The minimum absolute atomic E-state index is 0. The maximum absolute atomic E-state index is 12.5. The number of nitrogens with zero attached hydrogens (tertiary/aromatic N) is 2. The van der Waals surface area contributed by atoms with Crippen molar-refractivity contribution < 1.29 is 9.72 Å². The fraction of sp³-hybridized carbons (Fsp3) is 0.500. The summed E-state index contributed by atoms with van der Waals surface area (Å²) in [7, 11) is 1.88. The molecule has 1 heterocycles. The van der Waals surface area contributed by atoms with Gasteiger partial charge in [-0.15, -0.1) is 12.4 Å². The number of amides is 1. The predicted octanol–water partition coefficient (Wildman–Crippen LogP) is 2.01. The van der Waals surface area contributed by atoms with Crippen LogP contribution in [0, 0.1) is 23.0 Å². The van der Waals surface area contributed by atoms with Crippen LogP contribution in [0.3, 0.4) is 0 Å². The van der Waals surface area contributed by atoms with Gasteiger partial charge in [0.15, 0.2) is 0 Å². The molecular weight excluding hydrogens is 294 g/mol. The van der Waals surface area contributed by atoms with E-state index in [9.17, 15) is 14.9 Å².